The summed E-state index contributed by atoms with van der Waals surface area (Å²) in [6, 6.07) is 12.5. The molecule has 0 aliphatic carbocycles. The average Bonchev–Trinajstić information content (AvgIpc) is 2.68. The molecule has 8 heteroatoms. The van der Waals surface area contributed by atoms with Crippen LogP contribution in [0, 0.1) is 0 Å². The second-order valence-electron chi connectivity index (χ2n) is 6.11. The maximum absolute atomic E-state index is 12.1. The fourth-order valence-electron chi connectivity index (χ4n) is 2.79. The number of rotatable bonds is 6. The Bertz CT molecular complexity index is 820. The zero-order valence-corrected chi connectivity index (χ0v) is 15.5. The van der Waals surface area contributed by atoms with Gasteiger partial charge in [0.1, 0.15) is 0 Å². The number of hydrogen-bond donors (Lipinski definition) is 3. The van der Waals surface area contributed by atoms with E-state index in [1.54, 1.807) is 12.1 Å². The van der Waals surface area contributed by atoms with Crippen LogP contribution in [0.5, 0.6) is 0 Å². The van der Waals surface area contributed by atoms with E-state index in [2.05, 4.69) is 15.5 Å². The van der Waals surface area contributed by atoms with Crippen LogP contribution in [-0.2, 0) is 9.53 Å². The van der Waals surface area contributed by atoms with Crippen LogP contribution >= 0.6 is 11.6 Å². The highest BCUT2D eigenvalue weighted by molar-refractivity contribution is 6.33. The number of nitrogens with two attached hydrogens (primary N) is 1. The second-order valence-corrected chi connectivity index (χ2v) is 6.51. The summed E-state index contributed by atoms with van der Waals surface area (Å²) in [5.41, 5.74) is 7.89. The maximum atomic E-state index is 12.1. The Morgan fingerprint density at radius 2 is 1.74 bits per heavy atom. The highest BCUT2D eigenvalue weighted by Gasteiger charge is 2.11. The number of morpholine rings is 1. The van der Waals surface area contributed by atoms with E-state index >= 15 is 0 Å². The quantitative estimate of drug-likeness (QED) is 0.705. The van der Waals surface area contributed by atoms with E-state index in [0.717, 1.165) is 32.0 Å². The van der Waals surface area contributed by atoms with Crippen LogP contribution in [0.3, 0.4) is 0 Å². The van der Waals surface area contributed by atoms with Crippen molar-refractivity contribution in [2.24, 2.45) is 5.73 Å². The van der Waals surface area contributed by atoms with Gasteiger partial charge in [-0.05, 0) is 42.5 Å². The summed E-state index contributed by atoms with van der Waals surface area (Å²) in [6.45, 7) is 3.23. The Kier molecular flexibility index (Phi) is 6.16. The van der Waals surface area contributed by atoms with Crippen LogP contribution in [-0.4, -0.2) is 44.7 Å². The fourth-order valence-corrected chi connectivity index (χ4v) is 3.00. The number of halogens is 1. The molecule has 2 amide bonds. The fraction of sp³-hybridized carbons (Fsp3) is 0.263. The lowest BCUT2D eigenvalue weighted by Gasteiger charge is -2.28. The molecule has 4 N–H and O–H groups in total. The van der Waals surface area contributed by atoms with Gasteiger partial charge in [-0.25, -0.2) is 0 Å². The third kappa shape index (κ3) is 5.12. The highest BCUT2D eigenvalue weighted by atomic mass is 35.5. The van der Waals surface area contributed by atoms with Gasteiger partial charge in [0.25, 0.3) is 0 Å². The SMILES string of the molecule is NC(=O)c1cc(NCC(=O)Nc2ccc(N3CCOCC3)cc2)ccc1Cl. The van der Waals surface area contributed by atoms with Crippen LogP contribution in [0.15, 0.2) is 42.5 Å². The summed E-state index contributed by atoms with van der Waals surface area (Å²) in [5.74, 6) is -0.821. The molecule has 1 heterocycles. The summed E-state index contributed by atoms with van der Waals surface area (Å²) >= 11 is 5.91. The van der Waals surface area contributed by atoms with Gasteiger partial charge in [-0.3, -0.25) is 9.59 Å². The van der Waals surface area contributed by atoms with E-state index in [1.807, 2.05) is 24.3 Å². The van der Waals surface area contributed by atoms with E-state index in [1.165, 1.54) is 6.07 Å². The van der Waals surface area contributed by atoms with Crippen molar-refractivity contribution in [3.63, 3.8) is 0 Å². The van der Waals surface area contributed by atoms with Crippen LogP contribution in [0.25, 0.3) is 0 Å². The average molecular weight is 389 g/mol. The van der Waals surface area contributed by atoms with Crippen molar-refractivity contribution in [2.45, 2.75) is 0 Å². The molecule has 1 fully saturated rings. The first kappa shape index (κ1) is 19.0. The minimum absolute atomic E-state index is 0.0467. The Hall–Kier alpha value is -2.77. The van der Waals surface area contributed by atoms with E-state index in [0.29, 0.717) is 11.4 Å². The molecule has 27 heavy (non-hydrogen) atoms. The van der Waals surface area contributed by atoms with Gasteiger partial charge in [-0.2, -0.15) is 0 Å². The molecule has 2 aromatic rings. The Morgan fingerprint density at radius 3 is 2.41 bits per heavy atom. The highest BCUT2D eigenvalue weighted by Crippen LogP contribution is 2.21. The van der Waals surface area contributed by atoms with Gasteiger partial charge in [-0.1, -0.05) is 11.6 Å². The molecule has 1 aliphatic rings. The Labute approximate surface area is 162 Å². The van der Waals surface area contributed by atoms with Gasteiger partial charge in [0.2, 0.25) is 11.8 Å². The smallest absolute Gasteiger partial charge is 0.250 e. The van der Waals surface area contributed by atoms with Gasteiger partial charge in [0, 0.05) is 30.2 Å². The summed E-state index contributed by atoms with van der Waals surface area (Å²) in [6.07, 6.45) is 0. The van der Waals surface area contributed by atoms with E-state index < -0.39 is 5.91 Å². The molecular weight excluding hydrogens is 368 g/mol. The molecule has 3 rings (SSSR count). The predicted octanol–water partition coefficient (Wildman–Crippen LogP) is 2.33. The standard InChI is InChI=1S/C19H21ClN4O3/c20-17-6-3-14(11-16(17)19(21)26)22-12-18(25)23-13-1-4-15(5-2-13)24-7-9-27-10-8-24/h1-6,11,22H,7-10,12H2,(H2,21,26)(H,23,25). The maximum Gasteiger partial charge on any atom is 0.250 e. The number of amides is 2. The molecule has 0 atom stereocenters. The molecular formula is C19H21ClN4O3. The number of nitrogens with zero attached hydrogens (tertiary/aromatic N) is 1. The molecule has 0 radical (unpaired) electrons. The Balaban J connectivity index is 1.53. The van der Waals surface area contributed by atoms with Gasteiger partial charge < -0.3 is 26.0 Å². The molecule has 0 unspecified atom stereocenters. The molecule has 142 valence electrons. The first-order chi connectivity index (χ1) is 13.0. The van der Waals surface area contributed by atoms with Crippen molar-refractivity contribution in [3.05, 3.63) is 53.1 Å². The van der Waals surface area contributed by atoms with E-state index in [-0.39, 0.29) is 23.0 Å². The van der Waals surface area contributed by atoms with Crippen molar-refractivity contribution in [1.82, 2.24) is 0 Å². The first-order valence-corrected chi connectivity index (χ1v) is 8.96. The largest absolute Gasteiger partial charge is 0.378 e. The van der Waals surface area contributed by atoms with Gasteiger partial charge in [0.15, 0.2) is 0 Å². The predicted molar refractivity (Wildman–Crippen MR) is 107 cm³/mol. The lowest BCUT2D eigenvalue weighted by Crippen LogP contribution is -2.36. The summed E-state index contributed by atoms with van der Waals surface area (Å²) in [5, 5.41) is 6.05. The number of hydrogen-bond acceptors (Lipinski definition) is 5. The monoisotopic (exact) mass is 388 g/mol. The van der Waals surface area contributed by atoms with Gasteiger partial charge in [-0.15, -0.1) is 0 Å². The summed E-state index contributed by atoms with van der Waals surface area (Å²) in [7, 11) is 0. The van der Waals surface area contributed by atoms with E-state index in [4.69, 9.17) is 22.1 Å². The summed E-state index contributed by atoms with van der Waals surface area (Å²) in [4.78, 5) is 25.7. The normalized spacial score (nSPS) is 13.9. The third-order valence-electron chi connectivity index (χ3n) is 4.21. The van der Waals surface area contributed by atoms with Crippen molar-refractivity contribution >= 4 is 40.5 Å². The molecule has 1 saturated heterocycles. The minimum atomic E-state index is -0.617. The molecule has 2 aromatic carbocycles. The zero-order chi connectivity index (χ0) is 19.2. The van der Waals surface area contributed by atoms with Gasteiger partial charge in [0.05, 0.1) is 30.3 Å². The van der Waals surface area contributed by atoms with Crippen LogP contribution in [0.1, 0.15) is 10.4 Å². The number of primary amides is 1. The van der Waals surface area contributed by atoms with Crippen molar-refractivity contribution in [3.8, 4) is 0 Å². The molecule has 1 aliphatic heterocycles. The van der Waals surface area contributed by atoms with Crippen LogP contribution in [0.4, 0.5) is 17.1 Å². The number of benzene rings is 2. The van der Waals surface area contributed by atoms with Crippen molar-refractivity contribution < 1.29 is 14.3 Å². The molecule has 7 nitrogen and oxygen atoms in total. The molecule has 0 aromatic heterocycles. The number of ether oxygens (including phenoxy) is 1. The second kappa shape index (κ2) is 8.75. The van der Waals surface area contributed by atoms with Crippen LogP contribution < -0.4 is 21.3 Å². The number of nitrogens with one attached hydrogen (secondary N) is 2. The number of carbonyl (C=O) groups is 2. The first-order valence-electron chi connectivity index (χ1n) is 8.59. The molecule has 0 bridgehead atoms. The zero-order valence-electron chi connectivity index (χ0n) is 14.7. The van der Waals surface area contributed by atoms with Crippen molar-refractivity contribution in [2.75, 3.05) is 48.4 Å². The van der Waals surface area contributed by atoms with Crippen molar-refractivity contribution in [1.29, 1.82) is 0 Å². The summed E-state index contributed by atoms with van der Waals surface area (Å²) < 4.78 is 5.35. The van der Waals surface area contributed by atoms with Crippen LogP contribution in [0.2, 0.25) is 5.02 Å². The lowest BCUT2D eigenvalue weighted by molar-refractivity contribution is -0.114. The topological polar surface area (TPSA) is 96.7 Å². The third-order valence-corrected chi connectivity index (χ3v) is 4.54. The van der Waals surface area contributed by atoms with Gasteiger partial charge >= 0.3 is 0 Å². The van der Waals surface area contributed by atoms with E-state index in [9.17, 15) is 9.59 Å². The number of anilines is 3. The minimum Gasteiger partial charge on any atom is -0.378 e. The lowest BCUT2D eigenvalue weighted by atomic mass is 10.2. The molecule has 0 spiro atoms. The molecule has 0 saturated carbocycles. The number of carbonyl (C=O) groups excluding carboxylic acids is 2. The Morgan fingerprint density at radius 1 is 1.07 bits per heavy atom.